The lowest BCUT2D eigenvalue weighted by molar-refractivity contribution is -0.112. The lowest BCUT2D eigenvalue weighted by atomic mass is 10.1. The van der Waals surface area contributed by atoms with E-state index in [1.807, 2.05) is 48.5 Å². The third kappa shape index (κ3) is 3.23. The van der Waals surface area contributed by atoms with E-state index in [4.69, 9.17) is 9.94 Å². The molecule has 1 atom stereocenters. The Balaban J connectivity index is 1.76. The average molecular weight is 365 g/mol. The largest absolute Gasteiger partial charge is 0.394 e. The van der Waals surface area contributed by atoms with Crippen LogP contribution >= 0.6 is 0 Å². The van der Waals surface area contributed by atoms with Crippen molar-refractivity contribution in [3.05, 3.63) is 64.8 Å². The zero-order chi connectivity index (χ0) is 18.8. The molecule has 0 spiro atoms. The highest BCUT2D eigenvalue weighted by Gasteiger charge is 2.24. The highest BCUT2D eigenvalue weighted by molar-refractivity contribution is 6.23. The Morgan fingerprint density at radius 1 is 1.15 bits per heavy atom. The Morgan fingerprint density at radius 3 is 2.78 bits per heavy atom. The summed E-state index contributed by atoms with van der Waals surface area (Å²) in [7, 11) is 0. The Hall–Kier alpha value is -3.00. The number of aliphatic hydroxyl groups is 2. The lowest BCUT2D eigenvalue weighted by Gasteiger charge is -2.11. The molecule has 4 rings (SSSR count). The molecule has 2 heterocycles. The number of carbonyl (C=O) groups excluding carboxylic acids is 1. The molecular formula is C20H19N3O4. The van der Waals surface area contributed by atoms with Gasteiger partial charge in [0.05, 0.1) is 41.6 Å². The monoisotopic (exact) mass is 365 g/mol. The van der Waals surface area contributed by atoms with E-state index in [1.165, 1.54) is 0 Å². The van der Waals surface area contributed by atoms with Crippen molar-refractivity contribution >= 4 is 28.1 Å². The van der Waals surface area contributed by atoms with Crippen molar-refractivity contribution < 1.29 is 19.8 Å². The van der Waals surface area contributed by atoms with Crippen molar-refractivity contribution in [2.45, 2.75) is 12.5 Å². The SMILES string of the molecule is O=C1N=c2ccccc2=C1c1[nH]c2ccccc2c1NOCC[C@H](O)CO. The molecule has 0 fully saturated rings. The quantitative estimate of drug-likeness (QED) is 0.363. The molecule has 0 unspecified atom stereocenters. The molecule has 0 aliphatic carbocycles. The number of amides is 1. The van der Waals surface area contributed by atoms with Crippen LogP contribution < -0.4 is 16.1 Å². The highest BCUT2D eigenvalue weighted by atomic mass is 16.6. The fourth-order valence-corrected chi connectivity index (χ4v) is 3.15. The Bertz CT molecular complexity index is 1120. The summed E-state index contributed by atoms with van der Waals surface area (Å²) in [6.45, 7) is -0.114. The summed E-state index contributed by atoms with van der Waals surface area (Å²) in [5, 5.41) is 20.6. The minimum atomic E-state index is -0.828. The summed E-state index contributed by atoms with van der Waals surface area (Å²) in [5.41, 5.74) is 5.50. The zero-order valence-electron chi connectivity index (χ0n) is 14.5. The van der Waals surface area contributed by atoms with Crippen LogP contribution in [0.25, 0.3) is 16.5 Å². The van der Waals surface area contributed by atoms with Crippen molar-refractivity contribution in [1.82, 2.24) is 4.98 Å². The number of anilines is 1. The van der Waals surface area contributed by atoms with Crippen molar-refractivity contribution in [2.24, 2.45) is 4.99 Å². The fraction of sp³-hybridized carbons (Fsp3) is 0.200. The Labute approximate surface area is 154 Å². The van der Waals surface area contributed by atoms with Gasteiger partial charge < -0.3 is 15.2 Å². The number of aliphatic hydroxyl groups excluding tert-OH is 2. The molecule has 0 bridgehead atoms. The van der Waals surface area contributed by atoms with E-state index in [0.717, 1.165) is 16.1 Å². The smallest absolute Gasteiger partial charge is 0.280 e. The number of hydrogen-bond donors (Lipinski definition) is 4. The van der Waals surface area contributed by atoms with Gasteiger partial charge in [-0.2, -0.15) is 0 Å². The van der Waals surface area contributed by atoms with Crippen molar-refractivity contribution in [2.75, 3.05) is 18.7 Å². The molecule has 1 aliphatic heterocycles. The average Bonchev–Trinajstić information content (AvgIpc) is 3.21. The summed E-state index contributed by atoms with van der Waals surface area (Å²) in [4.78, 5) is 25.5. The summed E-state index contributed by atoms with van der Waals surface area (Å²) < 4.78 is 0. The zero-order valence-corrected chi connectivity index (χ0v) is 14.5. The van der Waals surface area contributed by atoms with Gasteiger partial charge in [-0.3, -0.25) is 15.1 Å². The van der Waals surface area contributed by atoms with Crippen LogP contribution in [0.4, 0.5) is 5.69 Å². The van der Waals surface area contributed by atoms with Crippen molar-refractivity contribution in [1.29, 1.82) is 0 Å². The van der Waals surface area contributed by atoms with E-state index < -0.39 is 6.10 Å². The standard InChI is InChI=1S/C20H19N3O4/c24-11-12(25)9-10-27-23-18-14-6-2-4-8-16(14)21-19(18)17-13-5-1-3-7-15(13)22-20(17)26/h1-8,12,21,23-25H,9-11H2/t12-/m0/s1. The molecule has 27 heavy (non-hydrogen) atoms. The normalized spacial score (nSPS) is 14.3. The van der Waals surface area contributed by atoms with Gasteiger partial charge in [0.25, 0.3) is 5.91 Å². The van der Waals surface area contributed by atoms with Crippen LogP contribution in [0.2, 0.25) is 0 Å². The molecular weight excluding hydrogens is 346 g/mol. The minimum Gasteiger partial charge on any atom is -0.394 e. The van der Waals surface area contributed by atoms with Gasteiger partial charge in [-0.15, -0.1) is 0 Å². The van der Waals surface area contributed by atoms with Crippen LogP contribution in [0.5, 0.6) is 0 Å². The number of carbonyl (C=O) groups is 1. The molecule has 1 aromatic heterocycles. The number of nitrogens with zero attached hydrogens (tertiary/aromatic N) is 1. The first-order chi connectivity index (χ1) is 13.2. The van der Waals surface area contributed by atoms with Gasteiger partial charge in [0.15, 0.2) is 0 Å². The third-order valence-electron chi connectivity index (χ3n) is 4.50. The number of nitrogens with one attached hydrogen (secondary N) is 2. The number of para-hydroxylation sites is 2. The van der Waals surface area contributed by atoms with Crippen molar-refractivity contribution in [3.63, 3.8) is 0 Å². The Morgan fingerprint density at radius 2 is 1.93 bits per heavy atom. The number of rotatable bonds is 7. The first-order valence-electron chi connectivity index (χ1n) is 8.69. The summed E-state index contributed by atoms with van der Waals surface area (Å²) >= 11 is 0. The van der Waals surface area contributed by atoms with E-state index in [0.29, 0.717) is 22.3 Å². The molecule has 3 aromatic rings. The van der Waals surface area contributed by atoms with Gasteiger partial charge in [-0.1, -0.05) is 36.4 Å². The molecule has 1 amide bonds. The Kier molecular flexibility index (Phi) is 4.72. The van der Waals surface area contributed by atoms with Crippen LogP contribution in [-0.4, -0.2) is 40.4 Å². The van der Waals surface area contributed by atoms with E-state index in [2.05, 4.69) is 15.5 Å². The predicted octanol–water partition coefficient (Wildman–Crippen LogP) is 0.614. The van der Waals surface area contributed by atoms with E-state index in [9.17, 15) is 9.90 Å². The number of hydrogen-bond acceptors (Lipinski definition) is 5. The maximum atomic E-state index is 12.6. The number of aromatic amines is 1. The molecule has 1 aliphatic rings. The second-order valence-electron chi connectivity index (χ2n) is 6.31. The summed E-state index contributed by atoms with van der Waals surface area (Å²) in [5.74, 6) is -0.304. The number of aromatic nitrogens is 1. The first-order valence-corrected chi connectivity index (χ1v) is 8.69. The molecule has 4 N–H and O–H groups in total. The number of H-pyrrole nitrogens is 1. The second-order valence-corrected chi connectivity index (χ2v) is 6.31. The summed E-state index contributed by atoms with van der Waals surface area (Å²) in [6.07, 6.45) is -0.541. The molecule has 0 saturated carbocycles. The molecule has 0 saturated heterocycles. The number of fused-ring (bicyclic) bond motifs is 2. The minimum absolute atomic E-state index is 0.199. The van der Waals surface area contributed by atoms with Crippen LogP contribution in [0, 0.1) is 0 Å². The molecule has 138 valence electrons. The van der Waals surface area contributed by atoms with E-state index in [-0.39, 0.29) is 25.5 Å². The third-order valence-corrected chi connectivity index (χ3v) is 4.50. The van der Waals surface area contributed by atoms with Gasteiger partial charge in [0, 0.05) is 22.5 Å². The number of benzene rings is 2. The lowest BCUT2D eigenvalue weighted by Crippen LogP contribution is -2.23. The van der Waals surface area contributed by atoms with Gasteiger partial charge in [-0.25, -0.2) is 4.99 Å². The molecule has 2 aromatic carbocycles. The van der Waals surface area contributed by atoms with Crippen LogP contribution in [0.3, 0.4) is 0 Å². The van der Waals surface area contributed by atoms with Crippen LogP contribution in [0.1, 0.15) is 12.1 Å². The van der Waals surface area contributed by atoms with Gasteiger partial charge in [-0.05, 0) is 12.1 Å². The molecule has 7 heteroatoms. The van der Waals surface area contributed by atoms with Crippen LogP contribution in [0.15, 0.2) is 53.5 Å². The first kappa shape index (κ1) is 17.4. The molecule has 7 nitrogen and oxygen atoms in total. The molecule has 0 radical (unpaired) electrons. The second kappa shape index (κ2) is 7.32. The van der Waals surface area contributed by atoms with E-state index in [1.54, 1.807) is 0 Å². The van der Waals surface area contributed by atoms with Gasteiger partial charge in [0.1, 0.15) is 0 Å². The van der Waals surface area contributed by atoms with Gasteiger partial charge >= 0.3 is 0 Å². The topological polar surface area (TPSA) is 107 Å². The van der Waals surface area contributed by atoms with E-state index >= 15 is 0 Å². The fourth-order valence-electron chi connectivity index (χ4n) is 3.15. The predicted molar refractivity (Wildman–Crippen MR) is 100 cm³/mol. The summed E-state index contributed by atoms with van der Waals surface area (Å²) in [6, 6.07) is 15.0. The van der Waals surface area contributed by atoms with Gasteiger partial charge in [0.2, 0.25) is 0 Å². The maximum absolute atomic E-state index is 12.6. The maximum Gasteiger partial charge on any atom is 0.280 e. The van der Waals surface area contributed by atoms with Crippen molar-refractivity contribution in [3.8, 4) is 0 Å². The van der Waals surface area contributed by atoms with Crippen LogP contribution in [-0.2, 0) is 9.63 Å². The highest BCUT2D eigenvalue weighted by Crippen LogP contribution is 2.32.